The van der Waals surface area contributed by atoms with E-state index in [1.165, 1.54) is 4.88 Å². The molecule has 24 heavy (non-hydrogen) atoms. The summed E-state index contributed by atoms with van der Waals surface area (Å²) in [4.78, 5) is 9.91. The van der Waals surface area contributed by atoms with Crippen LogP contribution in [0.1, 0.15) is 28.9 Å². The topological polar surface area (TPSA) is 95.5 Å². The predicted molar refractivity (Wildman–Crippen MR) is 112 cm³/mol. The van der Waals surface area contributed by atoms with Crippen molar-refractivity contribution in [1.82, 2.24) is 20.3 Å². The summed E-state index contributed by atoms with van der Waals surface area (Å²) >= 11 is 1.73. The lowest BCUT2D eigenvalue weighted by Gasteiger charge is -2.11. The molecule has 0 amide bonds. The number of halogens is 1. The first-order valence-electron chi connectivity index (χ1n) is 7.72. The first-order valence-corrected chi connectivity index (χ1v) is 10.2. The quantitative estimate of drug-likeness (QED) is 0.211. The summed E-state index contributed by atoms with van der Waals surface area (Å²) in [5, 5.41) is 7.52. The van der Waals surface area contributed by atoms with E-state index in [1.807, 2.05) is 6.92 Å². The van der Waals surface area contributed by atoms with E-state index in [1.54, 1.807) is 25.3 Å². The van der Waals surface area contributed by atoms with Gasteiger partial charge < -0.3 is 10.6 Å². The van der Waals surface area contributed by atoms with Crippen molar-refractivity contribution in [3.63, 3.8) is 0 Å². The normalized spacial score (nSPS) is 11.9. The lowest BCUT2D eigenvalue weighted by molar-refractivity contribution is 0.579. The highest BCUT2D eigenvalue weighted by Crippen LogP contribution is 2.16. The molecule has 0 aliphatic rings. The van der Waals surface area contributed by atoms with Crippen molar-refractivity contribution >= 4 is 51.3 Å². The van der Waals surface area contributed by atoms with E-state index in [0.717, 1.165) is 23.7 Å². The fraction of sp³-hybridized carbons (Fsp3) is 0.714. The third kappa shape index (κ3) is 9.14. The largest absolute Gasteiger partial charge is 0.356 e. The van der Waals surface area contributed by atoms with Crippen LogP contribution in [0.25, 0.3) is 0 Å². The van der Waals surface area contributed by atoms with Crippen LogP contribution < -0.4 is 15.4 Å². The number of nitrogens with one attached hydrogen (secondary N) is 3. The third-order valence-corrected chi connectivity index (χ3v) is 5.81. The zero-order valence-corrected chi connectivity index (χ0v) is 18.6. The van der Waals surface area contributed by atoms with E-state index >= 15 is 0 Å². The van der Waals surface area contributed by atoms with Crippen LogP contribution in [0.5, 0.6) is 0 Å². The van der Waals surface area contributed by atoms with Crippen molar-refractivity contribution in [2.75, 3.05) is 32.4 Å². The Bertz CT molecular complexity index is 597. The smallest absolute Gasteiger partial charge is 0.211 e. The third-order valence-electron chi connectivity index (χ3n) is 3.28. The number of guanidine groups is 1. The molecule has 0 aliphatic carbocycles. The van der Waals surface area contributed by atoms with Gasteiger partial charge in [-0.25, -0.2) is 18.1 Å². The van der Waals surface area contributed by atoms with Gasteiger partial charge in [0.05, 0.1) is 16.5 Å². The molecule has 1 aromatic rings. The van der Waals surface area contributed by atoms with Gasteiger partial charge in [0.2, 0.25) is 10.0 Å². The van der Waals surface area contributed by atoms with Crippen LogP contribution in [0.4, 0.5) is 0 Å². The standard InChI is InChI=1S/C14H27N5O2S2.HI/c1-5-23(20,21)18-9-6-8-16-14(15-4)17-10-7-13-19-11(2)12(3)22-13;/h18H,5-10H2,1-4H3,(H2,15,16,17);1H. The van der Waals surface area contributed by atoms with Gasteiger partial charge in [0.15, 0.2) is 5.96 Å². The van der Waals surface area contributed by atoms with Crippen molar-refractivity contribution in [3.05, 3.63) is 15.6 Å². The van der Waals surface area contributed by atoms with Gasteiger partial charge >= 0.3 is 0 Å². The number of hydrogen-bond donors (Lipinski definition) is 3. The number of nitrogens with zero attached hydrogens (tertiary/aromatic N) is 2. The second-order valence-corrected chi connectivity index (χ2v) is 8.46. The highest BCUT2D eigenvalue weighted by molar-refractivity contribution is 14.0. The van der Waals surface area contributed by atoms with Gasteiger partial charge in [-0.3, -0.25) is 4.99 Å². The average molecular weight is 489 g/mol. The molecule has 10 heteroatoms. The summed E-state index contributed by atoms with van der Waals surface area (Å²) in [6.07, 6.45) is 1.56. The number of aromatic nitrogens is 1. The van der Waals surface area contributed by atoms with E-state index < -0.39 is 10.0 Å². The van der Waals surface area contributed by atoms with Crippen LogP contribution >= 0.6 is 35.3 Å². The zero-order valence-electron chi connectivity index (χ0n) is 14.7. The van der Waals surface area contributed by atoms with Crippen molar-refractivity contribution < 1.29 is 8.42 Å². The number of hydrogen-bond acceptors (Lipinski definition) is 5. The molecule has 1 aromatic heterocycles. The summed E-state index contributed by atoms with van der Waals surface area (Å²) in [5.74, 6) is 0.827. The number of thiazole rings is 1. The molecular weight excluding hydrogens is 461 g/mol. The van der Waals surface area contributed by atoms with E-state index in [-0.39, 0.29) is 29.7 Å². The number of rotatable bonds is 9. The Balaban J connectivity index is 0.00000529. The number of aliphatic imine (C=N–C) groups is 1. The molecule has 3 N–H and O–H groups in total. The number of aryl methyl sites for hydroxylation is 2. The SMILES string of the molecule is CCS(=O)(=O)NCCCNC(=NC)NCCc1nc(C)c(C)s1.I. The highest BCUT2D eigenvalue weighted by atomic mass is 127. The molecule has 140 valence electrons. The molecule has 0 saturated carbocycles. The minimum atomic E-state index is -3.10. The van der Waals surface area contributed by atoms with E-state index in [4.69, 9.17) is 0 Å². The first kappa shape index (κ1) is 23.5. The van der Waals surface area contributed by atoms with Crippen LogP contribution in [-0.4, -0.2) is 51.8 Å². The Hall–Kier alpha value is -0.460. The van der Waals surface area contributed by atoms with Gasteiger partial charge in [0.25, 0.3) is 0 Å². The maximum atomic E-state index is 11.3. The van der Waals surface area contributed by atoms with Crippen LogP contribution in [0.15, 0.2) is 4.99 Å². The minimum absolute atomic E-state index is 0. The Labute approximate surface area is 166 Å². The Morgan fingerprint density at radius 2 is 1.88 bits per heavy atom. The van der Waals surface area contributed by atoms with Crippen LogP contribution in [0.3, 0.4) is 0 Å². The second-order valence-electron chi connectivity index (χ2n) is 5.08. The Morgan fingerprint density at radius 3 is 2.42 bits per heavy atom. The van der Waals surface area contributed by atoms with Crippen LogP contribution in [0.2, 0.25) is 0 Å². The van der Waals surface area contributed by atoms with Crippen molar-refractivity contribution in [3.8, 4) is 0 Å². The summed E-state index contributed by atoms with van der Waals surface area (Å²) in [5.41, 5.74) is 1.10. The summed E-state index contributed by atoms with van der Waals surface area (Å²) < 4.78 is 25.1. The molecule has 7 nitrogen and oxygen atoms in total. The number of sulfonamides is 1. The van der Waals surface area contributed by atoms with Gasteiger partial charge in [0.1, 0.15) is 0 Å². The van der Waals surface area contributed by atoms with E-state index in [9.17, 15) is 8.42 Å². The summed E-state index contributed by atoms with van der Waals surface area (Å²) in [6, 6.07) is 0. The van der Waals surface area contributed by atoms with Crippen molar-refractivity contribution in [2.45, 2.75) is 33.6 Å². The first-order chi connectivity index (χ1) is 10.9. The lowest BCUT2D eigenvalue weighted by Crippen LogP contribution is -2.39. The molecular formula is C14H28IN5O2S2. The maximum Gasteiger partial charge on any atom is 0.211 e. The molecule has 0 bridgehead atoms. The average Bonchev–Trinajstić information content (AvgIpc) is 2.83. The zero-order chi connectivity index (χ0) is 17.3. The molecule has 0 unspecified atom stereocenters. The fourth-order valence-electron chi connectivity index (χ4n) is 1.78. The molecule has 1 rings (SSSR count). The van der Waals surface area contributed by atoms with Crippen LogP contribution in [-0.2, 0) is 16.4 Å². The summed E-state index contributed by atoms with van der Waals surface area (Å²) in [7, 11) is -1.39. The van der Waals surface area contributed by atoms with E-state index in [2.05, 4.69) is 32.3 Å². The van der Waals surface area contributed by atoms with Gasteiger partial charge in [0, 0.05) is 38.0 Å². The van der Waals surface area contributed by atoms with E-state index in [0.29, 0.717) is 25.5 Å². The van der Waals surface area contributed by atoms with Crippen molar-refractivity contribution in [1.29, 1.82) is 0 Å². The minimum Gasteiger partial charge on any atom is -0.356 e. The van der Waals surface area contributed by atoms with Crippen molar-refractivity contribution in [2.24, 2.45) is 4.99 Å². The lowest BCUT2D eigenvalue weighted by atomic mass is 10.4. The summed E-state index contributed by atoms with van der Waals surface area (Å²) in [6.45, 7) is 7.57. The molecule has 1 heterocycles. The van der Waals surface area contributed by atoms with Crippen LogP contribution in [0, 0.1) is 13.8 Å². The maximum absolute atomic E-state index is 11.3. The molecule has 0 aliphatic heterocycles. The van der Waals surface area contributed by atoms with Gasteiger partial charge in [-0.05, 0) is 27.2 Å². The molecule has 0 saturated heterocycles. The molecule has 0 atom stereocenters. The highest BCUT2D eigenvalue weighted by Gasteiger charge is 2.05. The van der Waals surface area contributed by atoms with Gasteiger partial charge in [-0.15, -0.1) is 35.3 Å². The second kappa shape index (κ2) is 12.0. The van der Waals surface area contributed by atoms with Gasteiger partial charge in [-0.1, -0.05) is 0 Å². The molecule has 0 aromatic carbocycles. The Morgan fingerprint density at radius 1 is 1.21 bits per heavy atom. The molecule has 0 fully saturated rings. The van der Waals surface area contributed by atoms with Gasteiger partial charge in [-0.2, -0.15) is 0 Å². The molecule has 0 radical (unpaired) electrons. The fourth-order valence-corrected chi connectivity index (χ4v) is 3.37. The Kier molecular flexibility index (Phi) is 11.8. The molecule has 0 spiro atoms. The monoisotopic (exact) mass is 489 g/mol. The predicted octanol–water partition coefficient (Wildman–Crippen LogP) is 1.41.